The van der Waals surface area contributed by atoms with Crippen molar-refractivity contribution >= 4 is 5.57 Å². The van der Waals surface area contributed by atoms with Crippen LogP contribution in [0, 0.1) is 0 Å². The molecule has 2 heteroatoms. The monoisotopic (exact) mass is 339 g/mol. The molecule has 1 aromatic carbocycles. The smallest absolute Gasteiger partial charge is 0.121 e. The summed E-state index contributed by atoms with van der Waals surface area (Å²) < 4.78 is 6.28. The van der Waals surface area contributed by atoms with Gasteiger partial charge in [-0.1, -0.05) is 50.6 Å². The summed E-state index contributed by atoms with van der Waals surface area (Å²) in [6.07, 6.45) is 9.72. The van der Waals surface area contributed by atoms with E-state index in [0.717, 1.165) is 19.7 Å². The van der Waals surface area contributed by atoms with Gasteiger partial charge in [-0.2, -0.15) is 0 Å². The first-order chi connectivity index (χ1) is 12.3. The molecule has 2 aliphatic rings. The van der Waals surface area contributed by atoms with Crippen LogP contribution >= 0.6 is 0 Å². The van der Waals surface area contributed by atoms with Gasteiger partial charge >= 0.3 is 0 Å². The lowest BCUT2D eigenvalue weighted by Gasteiger charge is -2.47. The summed E-state index contributed by atoms with van der Waals surface area (Å²) in [6.45, 7) is 9.73. The lowest BCUT2D eigenvalue weighted by atomic mass is 9.75. The van der Waals surface area contributed by atoms with Crippen molar-refractivity contribution in [1.29, 1.82) is 0 Å². The van der Waals surface area contributed by atoms with Crippen molar-refractivity contribution < 1.29 is 4.74 Å². The quantitative estimate of drug-likeness (QED) is 0.592. The Morgan fingerprint density at radius 1 is 1.00 bits per heavy atom. The fraction of sp³-hybridized carbons (Fsp3) is 0.565. The average molecular weight is 340 g/mol. The maximum absolute atomic E-state index is 6.28. The van der Waals surface area contributed by atoms with Gasteiger partial charge in [0.2, 0.25) is 0 Å². The Bertz CT molecular complexity index is 625. The maximum atomic E-state index is 6.28. The van der Waals surface area contributed by atoms with Gasteiger partial charge in [0.25, 0.3) is 0 Å². The fourth-order valence-corrected chi connectivity index (χ4v) is 4.74. The van der Waals surface area contributed by atoms with E-state index in [1.165, 1.54) is 55.4 Å². The van der Waals surface area contributed by atoms with Gasteiger partial charge in [0.05, 0.1) is 6.61 Å². The lowest BCUT2D eigenvalue weighted by Crippen LogP contribution is -2.53. The largest absolute Gasteiger partial charge is 0.496 e. The predicted octanol–water partition coefficient (Wildman–Crippen LogP) is 5.81. The Morgan fingerprint density at radius 2 is 1.72 bits per heavy atom. The second-order valence-corrected chi connectivity index (χ2v) is 7.25. The minimum Gasteiger partial charge on any atom is -0.496 e. The molecule has 1 fully saturated rings. The molecule has 0 bridgehead atoms. The van der Waals surface area contributed by atoms with Crippen molar-refractivity contribution in [2.24, 2.45) is 0 Å². The normalized spacial score (nSPS) is 23.0. The molecule has 0 radical (unpaired) electrons. The molecule has 1 unspecified atom stereocenters. The SMILES string of the molecule is CCCN(CCC)C12CCCCC1=C(c1ccccc1)C=C2OCC. The van der Waals surface area contributed by atoms with E-state index >= 15 is 0 Å². The van der Waals surface area contributed by atoms with E-state index in [2.05, 4.69) is 62.1 Å². The van der Waals surface area contributed by atoms with Crippen molar-refractivity contribution in [3.05, 3.63) is 53.3 Å². The highest BCUT2D eigenvalue weighted by Gasteiger charge is 2.49. The minimum atomic E-state index is 0.00541. The van der Waals surface area contributed by atoms with Gasteiger partial charge in [0.15, 0.2) is 0 Å². The molecule has 0 aliphatic heterocycles. The van der Waals surface area contributed by atoms with E-state index in [9.17, 15) is 0 Å². The Balaban J connectivity index is 2.13. The van der Waals surface area contributed by atoms with Crippen molar-refractivity contribution in [2.45, 2.75) is 64.8 Å². The third-order valence-electron chi connectivity index (χ3n) is 5.63. The van der Waals surface area contributed by atoms with Crippen LogP contribution in [0.5, 0.6) is 0 Å². The number of ether oxygens (including phenoxy) is 1. The Morgan fingerprint density at radius 3 is 2.36 bits per heavy atom. The molecule has 0 aromatic heterocycles. The molecule has 2 nitrogen and oxygen atoms in total. The third kappa shape index (κ3) is 3.29. The van der Waals surface area contributed by atoms with Gasteiger partial charge in [0.1, 0.15) is 11.3 Å². The molecule has 2 aliphatic carbocycles. The standard InChI is InChI=1S/C23H33NO/c1-4-16-24(17-5-2)23-15-11-10-14-21(23)20(18-22(23)25-6-3)19-12-8-7-9-13-19/h7-9,12-13,18H,4-6,10-11,14-17H2,1-3H3. The highest BCUT2D eigenvalue weighted by Crippen LogP contribution is 2.52. The summed E-state index contributed by atoms with van der Waals surface area (Å²) >= 11 is 0. The molecular formula is C23H33NO. The first-order valence-corrected chi connectivity index (χ1v) is 10.2. The first-order valence-electron chi connectivity index (χ1n) is 10.2. The zero-order chi connectivity index (χ0) is 17.7. The Hall–Kier alpha value is -1.54. The van der Waals surface area contributed by atoms with Crippen LogP contribution in [0.4, 0.5) is 0 Å². The van der Waals surface area contributed by atoms with Crippen LogP contribution in [-0.2, 0) is 4.74 Å². The predicted molar refractivity (Wildman–Crippen MR) is 106 cm³/mol. The van der Waals surface area contributed by atoms with E-state index in [1.54, 1.807) is 5.57 Å². The minimum absolute atomic E-state index is 0.00541. The second kappa shape index (κ2) is 8.23. The van der Waals surface area contributed by atoms with Crippen LogP contribution in [0.2, 0.25) is 0 Å². The summed E-state index contributed by atoms with van der Waals surface area (Å²) in [4.78, 5) is 2.72. The van der Waals surface area contributed by atoms with Crippen molar-refractivity contribution in [3.63, 3.8) is 0 Å². The first kappa shape index (κ1) is 18.3. The average Bonchev–Trinajstić information content (AvgIpc) is 2.98. The van der Waals surface area contributed by atoms with Crippen molar-refractivity contribution in [2.75, 3.05) is 19.7 Å². The van der Waals surface area contributed by atoms with Crippen LogP contribution in [0.15, 0.2) is 47.7 Å². The van der Waals surface area contributed by atoms with Crippen molar-refractivity contribution in [3.8, 4) is 0 Å². The van der Waals surface area contributed by atoms with Crippen molar-refractivity contribution in [1.82, 2.24) is 4.90 Å². The topological polar surface area (TPSA) is 12.5 Å². The van der Waals surface area contributed by atoms with Gasteiger partial charge in [0, 0.05) is 0 Å². The molecule has 0 amide bonds. The summed E-state index contributed by atoms with van der Waals surface area (Å²) in [7, 11) is 0. The Kier molecular flexibility index (Phi) is 6.01. The fourth-order valence-electron chi connectivity index (χ4n) is 4.74. The molecule has 1 atom stereocenters. The Labute approximate surface area is 153 Å². The third-order valence-corrected chi connectivity index (χ3v) is 5.63. The number of benzene rings is 1. The zero-order valence-electron chi connectivity index (χ0n) is 16.2. The maximum Gasteiger partial charge on any atom is 0.121 e. The summed E-state index contributed by atoms with van der Waals surface area (Å²) in [5, 5.41) is 0. The second-order valence-electron chi connectivity index (χ2n) is 7.25. The van der Waals surface area contributed by atoms with E-state index in [-0.39, 0.29) is 5.54 Å². The molecule has 25 heavy (non-hydrogen) atoms. The molecule has 0 heterocycles. The van der Waals surface area contributed by atoms with E-state index in [1.807, 2.05) is 0 Å². The van der Waals surface area contributed by atoms with E-state index < -0.39 is 0 Å². The van der Waals surface area contributed by atoms with Crippen LogP contribution in [0.1, 0.15) is 64.9 Å². The van der Waals surface area contributed by atoms with Gasteiger partial charge in [-0.05, 0) is 74.9 Å². The number of fused-ring (bicyclic) bond motifs is 1. The highest BCUT2D eigenvalue weighted by atomic mass is 16.5. The molecule has 1 aromatic rings. The zero-order valence-corrected chi connectivity index (χ0v) is 16.2. The van der Waals surface area contributed by atoms with Crippen LogP contribution < -0.4 is 0 Å². The van der Waals surface area contributed by atoms with E-state index in [0.29, 0.717) is 0 Å². The highest BCUT2D eigenvalue weighted by molar-refractivity contribution is 5.83. The summed E-state index contributed by atoms with van der Waals surface area (Å²) in [5.41, 5.74) is 4.37. The van der Waals surface area contributed by atoms with Gasteiger partial charge in [-0.15, -0.1) is 0 Å². The number of rotatable bonds is 8. The molecule has 0 N–H and O–H groups in total. The van der Waals surface area contributed by atoms with Gasteiger partial charge in [-0.3, -0.25) is 4.90 Å². The van der Waals surface area contributed by atoms with Crippen LogP contribution in [-0.4, -0.2) is 30.1 Å². The lowest BCUT2D eigenvalue weighted by molar-refractivity contribution is 0.0609. The van der Waals surface area contributed by atoms with Crippen LogP contribution in [0.3, 0.4) is 0 Å². The van der Waals surface area contributed by atoms with E-state index in [4.69, 9.17) is 4.74 Å². The molecule has 0 saturated heterocycles. The summed E-state index contributed by atoms with van der Waals surface area (Å²) in [5.74, 6) is 1.20. The number of hydrogen-bond donors (Lipinski definition) is 0. The molecule has 3 rings (SSSR count). The van der Waals surface area contributed by atoms with Gasteiger partial charge < -0.3 is 4.74 Å². The van der Waals surface area contributed by atoms with Gasteiger partial charge in [-0.25, -0.2) is 0 Å². The molecule has 1 saturated carbocycles. The number of hydrogen-bond acceptors (Lipinski definition) is 2. The summed E-state index contributed by atoms with van der Waals surface area (Å²) in [6, 6.07) is 10.9. The molecule has 136 valence electrons. The number of nitrogens with zero attached hydrogens (tertiary/aromatic N) is 1. The number of allylic oxidation sites excluding steroid dienone is 2. The molecular weight excluding hydrogens is 306 g/mol. The van der Waals surface area contributed by atoms with Crippen LogP contribution in [0.25, 0.3) is 5.57 Å². The molecule has 0 spiro atoms.